The number of aromatic amines is 1. The van der Waals surface area contributed by atoms with Gasteiger partial charge in [0.2, 0.25) is 5.95 Å². The molecule has 1 aromatic carbocycles. The van der Waals surface area contributed by atoms with Gasteiger partial charge in [0.25, 0.3) is 0 Å². The van der Waals surface area contributed by atoms with Crippen LogP contribution in [0.5, 0.6) is 0 Å². The summed E-state index contributed by atoms with van der Waals surface area (Å²) >= 11 is 0. The summed E-state index contributed by atoms with van der Waals surface area (Å²) in [5.41, 5.74) is 8.77. The molecular formula is C14H13N9. The highest BCUT2D eigenvalue weighted by atomic mass is 15.4. The number of para-hydroxylation sites is 1. The van der Waals surface area contributed by atoms with Gasteiger partial charge in [-0.1, -0.05) is 23.4 Å². The minimum absolute atomic E-state index is 0.168. The predicted molar refractivity (Wildman–Crippen MR) is 84.8 cm³/mol. The number of anilines is 2. The average molecular weight is 307 g/mol. The molecule has 0 unspecified atom stereocenters. The number of nitrogen functional groups attached to an aromatic ring is 1. The minimum atomic E-state index is 0.168. The lowest BCUT2D eigenvalue weighted by Crippen LogP contribution is -2.09. The summed E-state index contributed by atoms with van der Waals surface area (Å²) < 4.78 is 1.77. The molecule has 3 heterocycles. The molecule has 9 nitrogen and oxygen atoms in total. The predicted octanol–water partition coefficient (Wildman–Crippen LogP) is 1.13. The quantitative estimate of drug-likeness (QED) is 0.516. The number of rotatable bonds is 4. The summed E-state index contributed by atoms with van der Waals surface area (Å²) in [6.07, 6.45) is 3.26. The largest absolute Gasteiger partial charge is 0.368 e. The van der Waals surface area contributed by atoms with Crippen LogP contribution in [-0.4, -0.2) is 34.9 Å². The highest BCUT2D eigenvalue weighted by Gasteiger charge is 2.10. The topological polar surface area (TPSA) is 123 Å². The van der Waals surface area contributed by atoms with E-state index in [2.05, 4.69) is 35.6 Å². The Balaban J connectivity index is 1.63. The monoisotopic (exact) mass is 307 g/mol. The van der Waals surface area contributed by atoms with E-state index in [-0.39, 0.29) is 5.95 Å². The molecule has 0 saturated heterocycles. The number of imidazole rings is 1. The van der Waals surface area contributed by atoms with E-state index in [4.69, 9.17) is 5.73 Å². The van der Waals surface area contributed by atoms with Crippen molar-refractivity contribution in [3.8, 4) is 5.69 Å². The van der Waals surface area contributed by atoms with Crippen LogP contribution in [0.1, 0.15) is 5.69 Å². The first kappa shape index (κ1) is 13.2. The van der Waals surface area contributed by atoms with Gasteiger partial charge in [0.05, 0.1) is 30.5 Å². The van der Waals surface area contributed by atoms with Gasteiger partial charge < -0.3 is 16.0 Å². The normalized spacial score (nSPS) is 11.0. The Morgan fingerprint density at radius 3 is 2.91 bits per heavy atom. The van der Waals surface area contributed by atoms with Crippen molar-refractivity contribution in [3.63, 3.8) is 0 Å². The Morgan fingerprint density at radius 1 is 1.17 bits per heavy atom. The number of nitrogens with zero attached hydrogens (tertiary/aromatic N) is 6. The molecule has 0 bridgehead atoms. The smallest absolute Gasteiger partial charge is 0.224 e. The minimum Gasteiger partial charge on any atom is -0.368 e. The van der Waals surface area contributed by atoms with Gasteiger partial charge in [-0.05, 0) is 12.1 Å². The molecule has 4 N–H and O–H groups in total. The molecule has 114 valence electrons. The number of aromatic nitrogens is 7. The number of hydrogen-bond acceptors (Lipinski definition) is 7. The van der Waals surface area contributed by atoms with E-state index in [1.165, 1.54) is 0 Å². The second-order valence-electron chi connectivity index (χ2n) is 4.86. The molecule has 0 spiro atoms. The molecule has 4 rings (SSSR count). The van der Waals surface area contributed by atoms with Crippen LogP contribution in [0.4, 0.5) is 11.8 Å². The molecule has 0 amide bonds. The van der Waals surface area contributed by atoms with Crippen molar-refractivity contribution in [1.29, 1.82) is 0 Å². The summed E-state index contributed by atoms with van der Waals surface area (Å²) in [7, 11) is 0. The number of fused-ring (bicyclic) bond motifs is 1. The van der Waals surface area contributed by atoms with Crippen molar-refractivity contribution in [2.45, 2.75) is 6.54 Å². The van der Waals surface area contributed by atoms with E-state index in [1.807, 2.05) is 30.3 Å². The number of benzene rings is 1. The van der Waals surface area contributed by atoms with Crippen molar-refractivity contribution in [3.05, 3.63) is 48.5 Å². The zero-order chi connectivity index (χ0) is 15.6. The molecule has 0 aliphatic rings. The van der Waals surface area contributed by atoms with Gasteiger partial charge in [0.1, 0.15) is 5.52 Å². The Labute approximate surface area is 130 Å². The summed E-state index contributed by atoms with van der Waals surface area (Å²) in [4.78, 5) is 15.4. The number of H-pyrrole nitrogens is 1. The van der Waals surface area contributed by atoms with Gasteiger partial charge in [-0.25, -0.2) is 9.67 Å². The fourth-order valence-electron chi connectivity index (χ4n) is 2.32. The summed E-state index contributed by atoms with van der Waals surface area (Å²) in [5.74, 6) is 0.757. The van der Waals surface area contributed by atoms with Crippen LogP contribution in [0.25, 0.3) is 16.9 Å². The number of nitrogens with one attached hydrogen (secondary N) is 2. The van der Waals surface area contributed by atoms with Crippen LogP contribution < -0.4 is 11.1 Å². The van der Waals surface area contributed by atoms with E-state index in [0.717, 1.165) is 11.4 Å². The second kappa shape index (κ2) is 5.37. The van der Waals surface area contributed by atoms with Crippen LogP contribution in [-0.2, 0) is 6.54 Å². The van der Waals surface area contributed by atoms with Crippen molar-refractivity contribution >= 4 is 22.9 Å². The molecular weight excluding hydrogens is 294 g/mol. The second-order valence-corrected chi connectivity index (χ2v) is 4.86. The molecule has 0 saturated carbocycles. The van der Waals surface area contributed by atoms with E-state index in [1.54, 1.807) is 17.2 Å². The molecule has 0 fully saturated rings. The van der Waals surface area contributed by atoms with E-state index in [0.29, 0.717) is 23.5 Å². The fourth-order valence-corrected chi connectivity index (χ4v) is 2.32. The third-order valence-electron chi connectivity index (χ3n) is 3.36. The Morgan fingerprint density at radius 2 is 2.04 bits per heavy atom. The van der Waals surface area contributed by atoms with Crippen LogP contribution >= 0.6 is 0 Å². The lowest BCUT2D eigenvalue weighted by molar-refractivity contribution is 0.769. The Kier molecular flexibility index (Phi) is 3.08. The maximum Gasteiger partial charge on any atom is 0.224 e. The average Bonchev–Trinajstić information content (AvgIpc) is 3.22. The lowest BCUT2D eigenvalue weighted by atomic mass is 10.3. The third-order valence-corrected chi connectivity index (χ3v) is 3.36. The van der Waals surface area contributed by atoms with Gasteiger partial charge in [0.15, 0.2) is 11.5 Å². The molecule has 9 heteroatoms. The maximum atomic E-state index is 5.71. The summed E-state index contributed by atoms with van der Waals surface area (Å²) in [6.45, 7) is 0.479. The van der Waals surface area contributed by atoms with Crippen LogP contribution in [0.3, 0.4) is 0 Å². The number of hydrogen-bond donors (Lipinski definition) is 3. The first-order chi connectivity index (χ1) is 11.3. The molecule has 0 radical (unpaired) electrons. The van der Waals surface area contributed by atoms with Crippen molar-refractivity contribution in [1.82, 2.24) is 34.9 Å². The molecule has 4 aromatic rings. The van der Waals surface area contributed by atoms with Crippen LogP contribution in [0.2, 0.25) is 0 Å². The Hall–Kier alpha value is -3.49. The van der Waals surface area contributed by atoms with E-state index < -0.39 is 0 Å². The summed E-state index contributed by atoms with van der Waals surface area (Å²) in [5, 5.41) is 11.3. The van der Waals surface area contributed by atoms with Gasteiger partial charge in [-0.3, -0.25) is 0 Å². The zero-order valence-electron chi connectivity index (χ0n) is 12.0. The van der Waals surface area contributed by atoms with Crippen LogP contribution in [0, 0.1) is 0 Å². The molecule has 0 atom stereocenters. The maximum absolute atomic E-state index is 5.71. The van der Waals surface area contributed by atoms with Gasteiger partial charge >= 0.3 is 0 Å². The standard InChI is InChI=1S/C14H13N9/c15-14-20-12(11-13(21-14)18-8-17-11)16-6-10-7-19-22-23(10)9-4-2-1-3-5-9/h1-5,7-8H,6H2,(H4,15,16,17,18,20,21). The molecule has 0 aliphatic heterocycles. The highest BCUT2D eigenvalue weighted by molar-refractivity contribution is 5.83. The first-order valence-electron chi connectivity index (χ1n) is 6.97. The van der Waals surface area contributed by atoms with Crippen molar-refractivity contribution in [2.75, 3.05) is 11.1 Å². The van der Waals surface area contributed by atoms with Crippen molar-refractivity contribution < 1.29 is 0 Å². The SMILES string of the molecule is Nc1nc(NCc2cnnn2-c2ccccc2)c2[nH]cnc2n1. The highest BCUT2D eigenvalue weighted by Crippen LogP contribution is 2.18. The van der Waals surface area contributed by atoms with Crippen LogP contribution in [0.15, 0.2) is 42.9 Å². The molecule has 23 heavy (non-hydrogen) atoms. The lowest BCUT2D eigenvalue weighted by Gasteiger charge is -2.08. The first-order valence-corrected chi connectivity index (χ1v) is 6.97. The van der Waals surface area contributed by atoms with Gasteiger partial charge in [0, 0.05) is 0 Å². The summed E-state index contributed by atoms with van der Waals surface area (Å²) in [6, 6.07) is 9.79. The zero-order valence-corrected chi connectivity index (χ0v) is 12.0. The van der Waals surface area contributed by atoms with E-state index in [9.17, 15) is 0 Å². The van der Waals surface area contributed by atoms with Crippen molar-refractivity contribution in [2.24, 2.45) is 0 Å². The Bertz CT molecular complexity index is 941. The fraction of sp³-hybridized carbons (Fsp3) is 0.0714. The third kappa shape index (κ3) is 2.44. The molecule has 0 aliphatic carbocycles. The number of nitrogens with two attached hydrogens (primary N) is 1. The molecule has 3 aromatic heterocycles. The van der Waals surface area contributed by atoms with E-state index >= 15 is 0 Å². The van der Waals surface area contributed by atoms with Gasteiger partial charge in [-0.2, -0.15) is 9.97 Å². The van der Waals surface area contributed by atoms with Gasteiger partial charge in [-0.15, -0.1) is 5.10 Å².